The van der Waals surface area contributed by atoms with Gasteiger partial charge in [0.25, 0.3) is 10.0 Å². The van der Waals surface area contributed by atoms with Crippen molar-refractivity contribution in [2.24, 2.45) is 0 Å². The van der Waals surface area contributed by atoms with Crippen LogP contribution in [0.1, 0.15) is 11.1 Å². The minimum absolute atomic E-state index is 0.153. The molecule has 2 rings (SSSR count). The summed E-state index contributed by atoms with van der Waals surface area (Å²) in [6.07, 6.45) is -4.70. The molecule has 0 heterocycles. The van der Waals surface area contributed by atoms with E-state index in [1.165, 1.54) is 24.3 Å². The van der Waals surface area contributed by atoms with E-state index in [-0.39, 0.29) is 10.5 Å². The average Bonchev–Trinajstić information content (AvgIpc) is 2.46. The third kappa shape index (κ3) is 3.20. The number of nitriles is 1. The lowest BCUT2D eigenvalue weighted by molar-refractivity contribution is -0.136. The minimum Gasteiger partial charge on any atom is -0.279 e. The second-order valence-corrected chi connectivity index (χ2v) is 5.91. The van der Waals surface area contributed by atoms with Crippen molar-refractivity contribution in [2.45, 2.75) is 11.1 Å². The zero-order chi connectivity index (χ0) is 16.4. The van der Waals surface area contributed by atoms with Crippen molar-refractivity contribution in [3.8, 4) is 6.07 Å². The molecule has 0 bridgehead atoms. The first kappa shape index (κ1) is 15.9. The maximum atomic E-state index is 12.9. The van der Waals surface area contributed by atoms with Gasteiger partial charge in [0, 0.05) is 0 Å². The number of nitrogens with one attached hydrogen (secondary N) is 1. The minimum atomic E-state index is -4.70. The fourth-order valence-electron chi connectivity index (χ4n) is 1.81. The molecule has 0 aromatic heterocycles. The lowest BCUT2D eigenvalue weighted by Gasteiger charge is -2.15. The van der Waals surface area contributed by atoms with Gasteiger partial charge >= 0.3 is 6.18 Å². The van der Waals surface area contributed by atoms with E-state index in [2.05, 4.69) is 0 Å². The summed E-state index contributed by atoms with van der Waals surface area (Å²) in [5.74, 6) is 0. The van der Waals surface area contributed by atoms with Crippen LogP contribution in [-0.4, -0.2) is 8.42 Å². The quantitative estimate of drug-likeness (QED) is 0.940. The number of halogens is 3. The van der Waals surface area contributed by atoms with Crippen molar-refractivity contribution in [1.29, 1.82) is 5.26 Å². The third-order valence-electron chi connectivity index (χ3n) is 2.77. The van der Waals surface area contributed by atoms with Gasteiger partial charge in [0.05, 0.1) is 16.8 Å². The standard InChI is InChI=1S/C14H9F3N2O2S/c15-14(16,17)11-6-2-3-7-12(11)19-22(20,21)13-8-4-1-5-10(13)9-18/h1-8,19H. The Morgan fingerprint density at radius 2 is 1.59 bits per heavy atom. The first-order valence-electron chi connectivity index (χ1n) is 5.94. The summed E-state index contributed by atoms with van der Waals surface area (Å²) in [5.41, 5.74) is -1.85. The molecule has 0 aliphatic carbocycles. The third-order valence-corrected chi connectivity index (χ3v) is 4.20. The van der Waals surface area contributed by atoms with Crippen molar-refractivity contribution >= 4 is 15.7 Å². The summed E-state index contributed by atoms with van der Waals surface area (Å²) in [6.45, 7) is 0. The number of anilines is 1. The number of sulfonamides is 1. The van der Waals surface area contributed by atoms with E-state index in [0.717, 1.165) is 24.3 Å². The van der Waals surface area contributed by atoms with Gasteiger partial charge in [-0.25, -0.2) is 8.42 Å². The molecule has 0 unspecified atom stereocenters. The van der Waals surface area contributed by atoms with E-state index < -0.39 is 27.5 Å². The summed E-state index contributed by atoms with van der Waals surface area (Å²) in [7, 11) is -4.31. The lowest BCUT2D eigenvalue weighted by Crippen LogP contribution is -2.18. The monoisotopic (exact) mass is 326 g/mol. The molecule has 114 valence electrons. The van der Waals surface area contributed by atoms with Gasteiger partial charge in [-0.3, -0.25) is 4.72 Å². The van der Waals surface area contributed by atoms with E-state index in [0.29, 0.717) is 0 Å². The molecule has 0 saturated heterocycles. The van der Waals surface area contributed by atoms with Gasteiger partial charge in [-0.05, 0) is 24.3 Å². The van der Waals surface area contributed by atoms with Gasteiger partial charge in [0.1, 0.15) is 11.0 Å². The van der Waals surface area contributed by atoms with Crippen LogP contribution in [0.2, 0.25) is 0 Å². The number of para-hydroxylation sites is 1. The van der Waals surface area contributed by atoms with Crippen LogP contribution in [0.4, 0.5) is 18.9 Å². The van der Waals surface area contributed by atoms with Gasteiger partial charge < -0.3 is 0 Å². The second-order valence-electron chi connectivity index (χ2n) is 4.26. The van der Waals surface area contributed by atoms with Gasteiger partial charge in [-0.15, -0.1) is 0 Å². The van der Waals surface area contributed by atoms with Crippen molar-refractivity contribution < 1.29 is 21.6 Å². The molecular weight excluding hydrogens is 317 g/mol. The Morgan fingerprint density at radius 1 is 1.00 bits per heavy atom. The molecule has 22 heavy (non-hydrogen) atoms. The number of benzene rings is 2. The summed E-state index contributed by atoms with van der Waals surface area (Å²) in [4.78, 5) is -0.380. The van der Waals surface area contributed by atoms with E-state index in [4.69, 9.17) is 5.26 Å². The van der Waals surface area contributed by atoms with Gasteiger partial charge in [-0.1, -0.05) is 24.3 Å². The zero-order valence-electron chi connectivity index (χ0n) is 10.9. The zero-order valence-corrected chi connectivity index (χ0v) is 11.7. The van der Waals surface area contributed by atoms with Gasteiger partial charge in [0.2, 0.25) is 0 Å². The molecule has 0 fully saturated rings. The average molecular weight is 326 g/mol. The first-order valence-corrected chi connectivity index (χ1v) is 7.42. The smallest absolute Gasteiger partial charge is 0.279 e. The number of hydrogen-bond acceptors (Lipinski definition) is 3. The van der Waals surface area contributed by atoms with Crippen LogP contribution in [0.25, 0.3) is 0 Å². The van der Waals surface area contributed by atoms with Crippen LogP contribution in [0.15, 0.2) is 53.4 Å². The molecule has 0 spiro atoms. The van der Waals surface area contributed by atoms with E-state index in [1.54, 1.807) is 6.07 Å². The van der Waals surface area contributed by atoms with Crippen LogP contribution in [0.5, 0.6) is 0 Å². The SMILES string of the molecule is N#Cc1ccccc1S(=O)(=O)Nc1ccccc1C(F)(F)F. The molecule has 2 aromatic carbocycles. The van der Waals surface area contributed by atoms with E-state index in [1.807, 2.05) is 4.72 Å². The summed E-state index contributed by atoms with van der Waals surface area (Å²) >= 11 is 0. The van der Waals surface area contributed by atoms with Crippen LogP contribution >= 0.6 is 0 Å². The molecule has 8 heteroatoms. The molecule has 0 radical (unpaired) electrons. The molecule has 0 amide bonds. The topological polar surface area (TPSA) is 70.0 Å². The number of hydrogen-bond donors (Lipinski definition) is 1. The highest BCUT2D eigenvalue weighted by molar-refractivity contribution is 7.92. The molecule has 4 nitrogen and oxygen atoms in total. The Labute approximate surface area is 124 Å². The molecule has 0 aliphatic rings. The van der Waals surface area contributed by atoms with Crippen LogP contribution in [-0.2, 0) is 16.2 Å². The van der Waals surface area contributed by atoms with Crippen molar-refractivity contribution in [2.75, 3.05) is 4.72 Å². The van der Waals surface area contributed by atoms with Crippen molar-refractivity contribution in [1.82, 2.24) is 0 Å². The largest absolute Gasteiger partial charge is 0.418 e. The number of nitrogens with zero attached hydrogens (tertiary/aromatic N) is 1. The second kappa shape index (κ2) is 5.69. The Bertz CT molecular complexity index is 840. The van der Waals surface area contributed by atoms with Gasteiger partial charge in [0.15, 0.2) is 0 Å². The molecular formula is C14H9F3N2O2S. The molecule has 0 atom stereocenters. The predicted octanol–water partition coefficient (Wildman–Crippen LogP) is 3.38. The predicted molar refractivity (Wildman–Crippen MR) is 73.4 cm³/mol. The van der Waals surface area contributed by atoms with Crippen molar-refractivity contribution in [3.63, 3.8) is 0 Å². The molecule has 0 saturated carbocycles. The maximum absolute atomic E-state index is 12.9. The van der Waals surface area contributed by atoms with E-state index >= 15 is 0 Å². The highest BCUT2D eigenvalue weighted by atomic mass is 32.2. The highest BCUT2D eigenvalue weighted by Crippen LogP contribution is 2.35. The number of rotatable bonds is 3. The summed E-state index contributed by atoms with van der Waals surface area (Å²) < 4.78 is 65.0. The summed E-state index contributed by atoms with van der Waals surface area (Å²) in [5, 5.41) is 8.91. The summed E-state index contributed by atoms with van der Waals surface area (Å²) in [6, 6.07) is 11.2. The molecule has 0 aliphatic heterocycles. The Morgan fingerprint density at radius 3 is 2.23 bits per heavy atom. The highest BCUT2D eigenvalue weighted by Gasteiger charge is 2.34. The van der Waals surface area contributed by atoms with E-state index in [9.17, 15) is 21.6 Å². The number of alkyl halides is 3. The lowest BCUT2D eigenvalue weighted by atomic mass is 10.2. The van der Waals surface area contributed by atoms with Crippen LogP contribution in [0.3, 0.4) is 0 Å². The normalized spacial score (nSPS) is 11.7. The Kier molecular flexibility index (Phi) is 4.10. The van der Waals surface area contributed by atoms with Crippen LogP contribution < -0.4 is 4.72 Å². The first-order chi connectivity index (χ1) is 10.3. The van der Waals surface area contributed by atoms with Crippen molar-refractivity contribution in [3.05, 3.63) is 59.7 Å². The van der Waals surface area contributed by atoms with Crippen LogP contribution in [0, 0.1) is 11.3 Å². The molecule has 2 aromatic rings. The maximum Gasteiger partial charge on any atom is 0.418 e. The fourth-order valence-corrected chi connectivity index (χ4v) is 3.05. The molecule has 1 N–H and O–H groups in total. The Hall–Kier alpha value is -2.53. The fraction of sp³-hybridized carbons (Fsp3) is 0.0714. The Balaban J connectivity index is 2.50. The van der Waals surface area contributed by atoms with Gasteiger partial charge in [-0.2, -0.15) is 18.4 Å².